The first-order valence-corrected chi connectivity index (χ1v) is 6.96. The molecule has 0 aliphatic carbocycles. The summed E-state index contributed by atoms with van der Waals surface area (Å²) in [6.45, 7) is 0.257. The first kappa shape index (κ1) is 13.8. The zero-order chi connectivity index (χ0) is 14.2. The average Bonchev–Trinajstić information content (AvgIpc) is 2.75. The highest BCUT2D eigenvalue weighted by Gasteiger charge is 2.36. The van der Waals surface area contributed by atoms with Crippen LogP contribution >= 0.6 is 0 Å². The summed E-state index contributed by atoms with van der Waals surface area (Å²) in [5.41, 5.74) is 4.59. The number of rotatable bonds is 3. The Morgan fingerprint density at radius 2 is 2.16 bits per heavy atom. The van der Waals surface area contributed by atoms with Crippen molar-refractivity contribution in [2.45, 2.75) is 17.4 Å². The minimum atomic E-state index is -4.10. The van der Waals surface area contributed by atoms with E-state index in [1.54, 1.807) is 0 Å². The summed E-state index contributed by atoms with van der Waals surface area (Å²) >= 11 is 0. The second kappa shape index (κ2) is 4.83. The first-order valence-electron chi connectivity index (χ1n) is 5.52. The van der Waals surface area contributed by atoms with Gasteiger partial charge in [-0.15, -0.1) is 0 Å². The van der Waals surface area contributed by atoms with E-state index in [0.29, 0.717) is 6.42 Å². The lowest BCUT2D eigenvalue weighted by Gasteiger charge is -2.15. The van der Waals surface area contributed by atoms with Crippen LogP contribution in [0.15, 0.2) is 23.1 Å². The van der Waals surface area contributed by atoms with Gasteiger partial charge in [0.2, 0.25) is 15.8 Å². The summed E-state index contributed by atoms with van der Waals surface area (Å²) in [6, 6.07) is 2.71. The lowest BCUT2D eigenvalue weighted by molar-refractivity contribution is -0.390. The number of halogens is 1. The number of sulfonamides is 1. The molecule has 7 nitrogen and oxygen atoms in total. The molecule has 0 bridgehead atoms. The Labute approximate surface area is 109 Å². The van der Waals surface area contributed by atoms with Crippen LogP contribution in [0.3, 0.4) is 0 Å². The monoisotopic (exact) mass is 289 g/mol. The number of hydrogen-bond acceptors (Lipinski definition) is 5. The van der Waals surface area contributed by atoms with Gasteiger partial charge in [0.1, 0.15) is 0 Å². The van der Waals surface area contributed by atoms with Crippen molar-refractivity contribution >= 4 is 15.7 Å². The Kier molecular flexibility index (Phi) is 3.52. The van der Waals surface area contributed by atoms with Crippen LogP contribution in [-0.4, -0.2) is 36.8 Å². The fourth-order valence-electron chi connectivity index (χ4n) is 1.99. The van der Waals surface area contributed by atoms with E-state index in [1.807, 2.05) is 0 Å². The topological polar surface area (TPSA) is 107 Å². The minimum Gasteiger partial charge on any atom is -0.326 e. The van der Waals surface area contributed by atoms with E-state index in [2.05, 4.69) is 0 Å². The van der Waals surface area contributed by atoms with Crippen molar-refractivity contribution in [2.75, 3.05) is 13.1 Å². The average molecular weight is 289 g/mol. The maximum absolute atomic E-state index is 13.4. The summed E-state index contributed by atoms with van der Waals surface area (Å²) in [7, 11) is -4.10. The SMILES string of the molecule is NC1CCN(S(=O)(=O)c2cccc(F)c2[N+](=O)[O-])C1. The molecule has 0 amide bonds. The summed E-state index contributed by atoms with van der Waals surface area (Å²) in [6.07, 6.45) is 0.475. The molecule has 0 saturated carbocycles. The molecule has 0 radical (unpaired) electrons. The van der Waals surface area contributed by atoms with Crippen molar-refractivity contribution in [3.63, 3.8) is 0 Å². The van der Waals surface area contributed by atoms with E-state index in [-0.39, 0.29) is 19.1 Å². The predicted molar refractivity (Wildman–Crippen MR) is 64.4 cm³/mol. The van der Waals surface area contributed by atoms with Gasteiger partial charge in [0.25, 0.3) is 0 Å². The molecule has 9 heteroatoms. The molecule has 1 atom stereocenters. The van der Waals surface area contributed by atoms with Crippen LogP contribution in [0.4, 0.5) is 10.1 Å². The molecule has 0 spiro atoms. The third-order valence-corrected chi connectivity index (χ3v) is 4.83. The zero-order valence-corrected chi connectivity index (χ0v) is 10.6. The highest BCUT2D eigenvalue weighted by Crippen LogP contribution is 2.30. The minimum absolute atomic E-state index is 0.0794. The summed E-state index contributed by atoms with van der Waals surface area (Å²) in [4.78, 5) is 9.16. The van der Waals surface area contributed by atoms with E-state index in [0.717, 1.165) is 22.5 Å². The first-order chi connectivity index (χ1) is 8.84. The molecule has 1 aromatic carbocycles. The molecule has 19 heavy (non-hydrogen) atoms. The van der Waals surface area contributed by atoms with E-state index >= 15 is 0 Å². The number of benzene rings is 1. The Bertz CT molecular complexity index is 619. The van der Waals surface area contributed by atoms with Gasteiger partial charge in [-0.2, -0.15) is 8.70 Å². The third kappa shape index (κ3) is 2.44. The Hall–Kier alpha value is -1.58. The van der Waals surface area contributed by atoms with Crippen LogP contribution in [0.1, 0.15) is 6.42 Å². The predicted octanol–water partition coefficient (Wildman–Crippen LogP) is 0.456. The number of nitrogens with zero attached hydrogens (tertiary/aromatic N) is 2. The van der Waals surface area contributed by atoms with Gasteiger partial charge in [-0.25, -0.2) is 8.42 Å². The number of nitro groups is 1. The summed E-state index contributed by atoms with van der Waals surface area (Å²) in [5.74, 6) is -1.17. The molecule has 1 aliphatic heterocycles. The van der Waals surface area contributed by atoms with Crippen molar-refractivity contribution < 1.29 is 17.7 Å². The number of nitro benzene ring substituents is 1. The molecular formula is C10H12FN3O4S. The van der Waals surface area contributed by atoms with Gasteiger partial charge in [-0.3, -0.25) is 10.1 Å². The van der Waals surface area contributed by atoms with Gasteiger partial charge in [0, 0.05) is 19.1 Å². The highest BCUT2D eigenvalue weighted by molar-refractivity contribution is 7.89. The normalized spacial score (nSPS) is 20.6. The van der Waals surface area contributed by atoms with Crippen molar-refractivity contribution in [3.8, 4) is 0 Å². The molecule has 1 aliphatic rings. The lowest BCUT2D eigenvalue weighted by Crippen LogP contribution is -2.32. The van der Waals surface area contributed by atoms with E-state index in [1.165, 1.54) is 0 Å². The van der Waals surface area contributed by atoms with Crippen LogP contribution in [0, 0.1) is 15.9 Å². The third-order valence-electron chi connectivity index (χ3n) is 2.94. The van der Waals surface area contributed by atoms with E-state index < -0.39 is 31.3 Å². The van der Waals surface area contributed by atoms with Gasteiger partial charge >= 0.3 is 5.69 Å². The Morgan fingerprint density at radius 3 is 2.68 bits per heavy atom. The Balaban J connectivity index is 2.52. The van der Waals surface area contributed by atoms with Crippen molar-refractivity contribution in [1.82, 2.24) is 4.31 Å². The number of para-hydroxylation sites is 1. The number of nitrogens with two attached hydrogens (primary N) is 1. The maximum Gasteiger partial charge on any atom is 0.324 e. The fourth-order valence-corrected chi connectivity index (χ4v) is 3.67. The molecule has 1 aromatic rings. The van der Waals surface area contributed by atoms with Gasteiger partial charge < -0.3 is 5.73 Å². The van der Waals surface area contributed by atoms with Crippen molar-refractivity contribution in [3.05, 3.63) is 34.1 Å². The quantitative estimate of drug-likeness (QED) is 0.642. The standard InChI is InChI=1S/C10H12FN3O4S/c11-8-2-1-3-9(10(8)14(15)16)19(17,18)13-5-4-7(12)6-13/h1-3,7H,4-6,12H2. The summed E-state index contributed by atoms with van der Waals surface area (Å²) < 4.78 is 39.0. The van der Waals surface area contributed by atoms with Crippen molar-refractivity contribution in [1.29, 1.82) is 0 Å². The molecule has 1 unspecified atom stereocenters. The van der Waals surface area contributed by atoms with Crippen LogP contribution in [0.2, 0.25) is 0 Å². The molecule has 2 N–H and O–H groups in total. The fraction of sp³-hybridized carbons (Fsp3) is 0.400. The molecule has 1 heterocycles. The molecule has 2 rings (SSSR count). The van der Waals surface area contributed by atoms with Crippen LogP contribution in [0.5, 0.6) is 0 Å². The van der Waals surface area contributed by atoms with Gasteiger partial charge in [0.05, 0.1) is 4.92 Å². The Morgan fingerprint density at radius 1 is 1.47 bits per heavy atom. The van der Waals surface area contributed by atoms with Gasteiger partial charge in [0.15, 0.2) is 4.90 Å². The largest absolute Gasteiger partial charge is 0.326 e. The lowest BCUT2D eigenvalue weighted by atomic mass is 10.3. The van der Waals surface area contributed by atoms with Crippen LogP contribution in [0.25, 0.3) is 0 Å². The molecule has 104 valence electrons. The van der Waals surface area contributed by atoms with Crippen molar-refractivity contribution in [2.24, 2.45) is 5.73 Å². The molecule has 1 saturated heterocycles. The van der Waals surface area contributed by atoms with E-state index in [9.17, 15) is 22.9 Å². The van der Waals surface area contributed by atoms with E-state index in [4.69, 9.17) is 5.73 Å². The van der Waals surface area contributed by atoms with Gasteiger partial charge in [-0.05, 0) is 18.6 Å². The second-order valence-corrected chi connectivity index (χ2v) is 6.16. The molecular weight excluding hydrogens is 277 g/mol. The molecule has 1 fully saturated rings. The summed E-state index contributed by atoms with van der Waals surface area (Å²) in [5, 5.41) is 10.8. The van der Waals surface area contributed by atoms with Gasteiger partial charge in [-0.1, -0.05) is 6.07 Å². The highest BCUT2D eigenvalue weighted by atomic mass is 32.2. The molecule has 0 aromatic heterocycles. The smallest absolute Gasteiger partial charge is 0.324 e. The zero-order valence-electron chi connectivity index (χ0n) is 9.82. The van der Waals surface area contributed by atoms with Crippen LogP contribution in [-0.2, 0) is 10.0 Å². The van der Waals surface area contributed by atoms with Crippen LogP contribution < -0.4 is 5.73 Å². The second-order valence-electron chi connectivity index (χ2n) is 4.26. The maximum atomic E-state index is 13.4. The number of hydrogen-bond donors (Lipinski definition) is 1.